The topological polar surface area (TPSA) is 118 Å². The van der Waals surface area contributed by atoms with Crippen LogP contribution in [0, 0.1) is 5.82 Å². The Hall–Kier alpha value is -3.20. The number of allylic oxidation sites excluding steroid dienone is 1. The van der Waals surface area contributed by atoms with Crippen LogP contribution in [0.3, 0.4) is 0 Å². The number of benzene rings is 1. The van der Waals surface area contributed by atoms with Gasteiger partial charge in [0, 0.05) is 74.9 Å². The van der Waals surface area contributed by atoms with Crippen LogP contribution in [-0.2, 0) is 9.53 Å². The summed E-state index contributed by atoms with van der Waals surface area (Å²) in [4.78, 5) is 22.4. The molecule has 2 aliphatic rings. The first kappa shape index (κ1) is 24.4. The molecule has 0 aromatic heterocycles. The lowest BCUT2D eigenvalue weighted by Crippen LogP contribution is -2.44. The number of nitrogens with two attached hydrogens (primary N) is 2. The molecule has 0 unspecified atom stereocenters. The van der Waals surface area contributed by atoms with Crippen LogP contribution in [0.1, 0.15) is 38.2 Å². The average Bonchev–Trinajstić information content (AvgIpc) is 2.84. The van der Waals surface area contributed by atoms with Gasteiger partial charge in [0.15, 0.2) is 0 Å². The third-order valence-corrected chi connectivity index (χ3v) is 5.88. The zero-order chi connectivity index (χ0) is 23.8. The smallest absolute Gasteiger partial charge is 0.222 e. The minimum absolute atomic E-state index is 0.0552. The van der Waals surface area contributed by atoms with Crippen LogP contribution in [0.25, 0.3) is 5.57 Å². The molecule has 8 nitrogen and oxygen atoms in total. The van der Waals surface area contributed by atoms with Gasteiger partial charge >= 0.3 is 0 Å². The van der Waals surface area contributed by atoms with Crippen LogP contribution in [-0.4, -0.2) is 62.3 Å². The molecule has 9 heteroatoms. The molecule has 0 saturated carbocycles. The molecule has 178 valence electrons. The average molecular weight is 457 g/mol. The fourth-order valence-corrected chi connectivity index (χ4v) is 4.01. The molecule has 0 spiro atoms. The predicted octanol–water partition coefficient (Wildman–Crippen LogP) is 2.48. The second-order valence-corrected chi connectivity index (χ2v) is 8.08. The Labute approximate surface area is 194 Å². The summed E-state index contributed by atoms with van der Waals surface area (Å²) >= 11 is 0. The summed E-state index contributed by atoms with van der Waals surface area (Å²) in [6.07, 6.45) is 5.81. The van der Waals surface area contributed by atoms with Gasteiger partial charge in [0.25, 0.3) is 0 Å². The fraction of sp³-hybridized carbons (Fsp3) is 0.458. The van der Waals surface area contributed by atoms with E-state index in [4.69, 9.17) is 16.2 Å². The molecule has 1 aromatic rings. The molecule has 2 aliphatic heterocycles. The fourth-order valence-electron chi connectivity index (χ4n) is 4.01. The zero-order valence-corrected chi connectivity index (χ0v) is 19.3. The molecule has 2 heterocycles. The lowest BCUT2D eigenvalue weighted by atomic mass is 10.0. The first-order valence-electron chi connectivity index (χ1n) is 11.3. The monoisotopic (exact) mass is 456 g/mol. The summed E-state index contributed by atoms with van der Waals surface area (Å²) in [5.41, 5.74) is 15.0. The quantitative estimate of drug-likeness (QED) is 0.430. The molecular formula is C24H33FN6O2. The van der Waals surface area contributed by atoms with Crippen molar-refractivity contribution in [3.05, 3.63) is 47.0 Å². The second kappa shape index (κ2) is 11.6. The summed E-state index contributed by atoms with van der Waals surface area (Å²) in [6.45, 7) is 4.22. The Morgan fingerprint density at radius 2 is 2.12 bits per heavy atom. The zero-order valence-electron chi connectivity index (χ0n) is 19.3. The third kappa shape index (κ3) is 6.19. The molecule has 0 bridgehead atoms. The molecule has 1 aromatic carbocycles. The summed E-state index contributed by atoms with van der Waals surface area (Å²) in [5.74, 6) is -0.259. The highest BCUT2D eigenvalue weighted by molar-refractivity contribution is 6.09. The van der Waals surface area contributed by atoms with E-state index >= 15 is 0 Å². The van der Waals surface area contributed by atoms with Gasteiger partial charge in [-0.05, 0) is 30.5 Å². The van der Waals surface area contributed by atoms with E-state index in [1.807, 2.05) is 6.92 Å². The van der Waals surface area contributed by atoms with Gasteiger partial charge in [-0.2, -0.15) is 0 Å². The summed E-state index contributed by atoms with van der Waals surface area (Å²) in [7, 11) is 1.62. The highest BCUT2D eigenvalue weighted by Gasteiger charge is 2.26. The van der Waals surface area contributed by atoms with Gasteiger partial charge in [-0.25, -0.2) is 9.38 Å². The van der Waals surface area contributed by atoms with Gasteiger partial charge < -0.3 is 26.4 Å². The van der Waals surface area contributed by atoms with Gasteiger partial charge in [0.1, 0.15) is 17.3 Å². The van der Waals surface area contributed by atoms with E-state index in [2.05, 4.69) is 15.3 Å². The van der Waals surface area contributed by atoms with E-state index in [-0.39, 0.29) is 23.5 Å². The molecule has 1 saturated heterocycles. The Bertz CT molecular complexity index is 979. The predicted molar refractivity (Wildman–Crippen MR) is 130 cm³/mol. The highest BCUT2D eigenvalue weighted by Crippen LogP contribution is 2.25. The second-order valence-electron chi connectivity index (χ2n) is 8.08. The Morgan fingerprint density at radius 3 is 2.76 bits per heavy atom. The Morgan fingerprint density at radius 1 is 1.36 bits per heavy atom. The third-order valence-electron chi connectivity index (χ3n) is 5.88. The molecule has 0 atom stereocenters. The van der Waals surface area contributed by atoms with E-state index in [1.54, 1.807) is 30.3 Å². The first-order chi connectivity index (χ1) is 16.0. The van der Waals surface area contributed by atoms with Crippen LogP contribution in [0.2, 0.25) is 0 Å². The number of carbonyl (C=O) groups is 1. The van der Waals surface area contributed by atoms with E-state index in [0.717, 1.165) is 24.1 Å². The number of hydrogen-bond donors (Lipinski definition) is 3. The number of hydrogen-bond acceptors (Lipinski definition) is 6. The number of amidine groups is 1. The van der Waals surface area contributed by atoms with Crippen LogP contribution < -0.4 is 16.8 Å². The maximum absolute atomic E-state index is 14.9. The van der Waals surface area contributed by atoms with Gasteiger partial charge in [0.2, 0.25) is 5.91 Å². The summed E-state index contributed by atoms with van der Waals surface area (Å²) in [6, 6.07) is 4.92. The van der Waals surface area contributed by atoms with E-state index in [0.29, 0.717) is 50.3 Å². The normalized spacial score (nSPS) is 18.8. The van der Waals surface area contributed by atoms with Crippen LogP contribution in [0.4, 0.5) is 10.1 Å². The molecular weight excluding hydrogens is 423 g/mol. The van der Waals surface area contributed by atoms with Gasteiger partial charge in [0.05, 0.1) is 6.54 Å². The standard InChI is InChI=1S/C24H33FN6O2/c1-3-23(32)31-9-6-21(29-18-7-10-33-11-8-18)19(15-31)24(27)30-22-5-4-16(12-20(22)25)17(13-26)14-28-2/h4-5,12-14,18,29H,3,6-11,15,26H2,1-2H3,(H2,27,30). The molecule has 3 rings (SSSR count). The van der Waals surface area contributed by atoms with Crippen molar-refractivity contribution in [2.45, 2.75) is 38.6 Å². The number of aliphatic imine (C=N–C) groups is 2. The molecule has 5 N–H and O–H groups in total. The van der Waals surface area contributed by atoms with Crippen molar-refractivity contribution < 1.29 is 13.9 Å². The number of carbonyl (C=O) groups excluding carboxylic acids is 1. The van der Waals surface area contributed by atoms with Crippen molar-refractivity contribution in [1.29, 1.82) is 0 Å². The largest absolute Gasteiger partial charge is 0.404 e. The van der Waals surface area contributed by atoms with Crippen LogP contribution in [0.5, 0.6) is 0 Å². The molecule has 33 heavy (non-hydrogen) atoms. The minimum Gasteiger partial charge on any atom is -0.404 e. The minimum atomic E-state index is -0.517. The van der Waals surface area contributed by atoms with E-state index in [1.165, 1.54) is 12.3 Å². The van der Waals surface area contributed by atoms with Gasteiger partial charge in [-0.15, -0.1) is 0 Å². The highest BCUT2D eigenvalue weighted by atomic mass is 19.1. The number of amides is 1. The number of rotatable bonds is 7. The number of nitrogens with zero attached hydrogens (tertiary/aromatic N) is 3. The van der Waals surface area contributed by atoms with Gasteiger partial charge in [-0.3, -0.25) is 9.79 Å². The summed E-state index contributed by atoms with van der Waals surface area (Å²) in [5, 5.41) is 3.58. The number of nitrogens with one attached hydrogen (secondary N) is 1. The van der Waals surface area contributed by atoms with E-state index < -0.39 is 5.82 Å². The first-order valence-corrected chi connectivity index (χ1v) is 11.3. The Balaban J connectivity index is 1.91. The van der Waals surface area contributed by atoms with Crippen molar-refractivity contribution in [1.82, 2.24) is 10.2 Å². The van der Waals surface area contributed by atoms with Gasteiger partial charge in [-0.1, -0.05) is 13.0 Å². The van der Waals surface area contributed by atoms with Crippen molar-refractivity contribution in [2.75, 3.05) is 33.4 Å². The van der Waals surface area contributed by atoms with Crippen molar-refractivity contribution >= 4 is 29.2 Å². The lowest BCUT2D eigenvalue weighted by molar-refractivity contribution is -0.130. The number of halogens is 1. The molecule has 0 aliphatic carbocycles. The number of ether oxygens (including phenoxy) is 1. The van der Waals surface area contributed by atoms with Crippen molar-refractivity contribution in [3.8, 4) is 0 Å². The maximum atomic E-state index is 14.9. The SMILES string of the molecule is CCC(=O)N1CCC(NC2CCOCC2)=C(C(N)=Nc2ccc(C(C=NC)=CN)cc2F)C1. The summed E-state index contributed by atoms with van der Waals surface area (Å²) < 4.78 is 20.3. The maximum Gasteiger partial charge on any atom is 0.222 e. The molecule has 0 radical (unpaired) electrons. The lowest BCUT2D eigenvalue weighted by Gasteiger charge is -2.34. The molecule has 1 amide bonds. The van der Waals surface area contributed by atoms with Crippen LogP contribution >= 0.6 is 0 Å². The molecule has 1 fully saturated rings. The van der Waals surface area contributed by atoms with Crippen molar-refractivity contribution in [2.24, 2.45) is 21.5 Å². The van der Waals surface area contributed by atoms with Crippen molar-refractivity contribution in [3.63, 3.8) is 0 Å². The Kier molecular flexibility index (Phi) is 8.59. The van der Waals surface area contributed by atoms with Crippen LogP contribution in [0.15, 0.2) is 45.7 Å². The van der Waals surface area contributed by atoms with E-state index in [9.17, 15) is 9.18 Å².